The van der Waals surface area contributed by atoms with Crippen LogP contribution in [0.1, 0.15) is 5.69 Å². The molecule has 0 fully saturated rings. The van der Waals surface area contributed by atoms with Crippen molar-refractivity contribution in [2.75, 3.05) is 0 Å². The number of H-pyrrole nitrogens is 1. The lowest BCUT2D eigenvalue weighted by atomic mass is 10.2. The van der Waals surface area contributed by atoms with Crippen LogP contribution in [0.5, 0.6) is 0 Å². The normalized spacial score (nSPS) is 10.4. The molecule has 12 heavy (non-hydrogen) atoms. The van der Waals surface area contributed by atoms with Gasteiger partial charge < -0.3 is 0 Å². The Labute approximate surface area is 74.9 Å². The average Bonchev–Trinajstić information content (AvgIpc) is 2.49. The van der Waals surface area contributed by atoms with Crippen molar-refractivity contribution < 1.29 is 0 Å². The van der Waals surface area contributed by atoms with Gasteiger partial charge in [0, 0.05) is 5.39 Å². The van der Waals surface area contributed by atoms with E-state index in [0.717, 1.165) is 16.6 Å². The SMILES string of the molecule is C=Cc1n[nH]c2cccc(Cl)c12. The third-order valence-corrected chi connectivity index (χ3v) is 2.07. The highest BCUT2D eigenvalue weighted by Crippen LogP contribution is 2.24. The van der Waals surface area contributed by atoms with E-state index in [1.807, 2.05) is 18.2 Å². The van der Waals surface area contributed by atoms with Crippen LogP contribution in [0.3, 0.4) is 0 Å². The van der Waals surface area contributed by atoms with Gasteiger partial charge in [0.2, 0.25) is 0 Å². The first kappa shape index (κ1) is 7.37. The molecule has 3 heteroatoms. The largest absolute Gasteiger partial charge is 0.277 e. The summed E-state index contributed by atoms with van der Waals surface area (Å²) in [6.45, 7) is 3.65. The summed E-state index contributed by atoms with van der Waals surface area (Å²) >= 11 is 5.97. The monoisotopic (exact) mass is 178 g/mol. The maximum Gasteiger partial charge on any atom is 0.0936 e. The van der Waals surface area contributed by atoms with Crippen molar-refractivity contribution in [2.45, 2.75) is 0 Å². The van der Waals surface area contributed by atoms with Gasteiger partial charge >= 0.3 is 0 Å². The van der Waals surface area contributed by atoms with Crippen LogP contribution in [-0.4, -0.2) is 10.2 Å². The van der Waals surface area contributed by atoms with Gasteiger partial charge in [-0.1, -0.05) is 24.2 Å². The fourth-order valence-electron chi connectivity index (χ4n) is 1.20. The molecule has 0 unspecified atom stereocenters. The lowest BCUT2D eigenvalue weighted by molar-refractivity contribution is 1.11. The van der Waals surface area contributed by atoms with E-state index in [9.17, 15) is 0 Å². The predicted molar refractivity (Wildman–Crippen MR) is 51.2 cm³/mol. The van der Waals surface area contributed by atoms with Crippen LogP contribution < -0.4 is 0 Å². The molecule has 2 rings (SSSR count). The van der Waals surface area contributed by atoms with E-state index in [1.165, 1.54) is 0 Å². The van der Waals surface area contributed by atoms with Gasteiger partial charge in [0.25, 0.3) is 0 Å². The van der Waals surface area contributed by atoms with Gasteiger partial charge in [0.15, 0.2) is 0 Å². The maximum absolute atomic E-state index is 5.97. The van der Waals surface area contributed by atoms with E-state index in [2.05, 4.69) is 16.8 Å². The first-order chi connectivity index (χ1) is 5.83. The van der Waals surface area contributed by atoms with Crippen molar-refractivity contribution in [3.05, 3.63) is 35.5 Å². The first-order valence-electron chi connectivity index (χ1n) is 3.58. The molecule has 2 nitrogen and oxygen atoms in total. The van der Waals surface area contributed by atoms with E-state index in [0.29, 0.717) is 5.02 Å². The number of rotatable bonds is 1. The minimum atomic E-state index is 0.705. The maximum atomic E-state index is 5.97. The van der Waals surface area contributed by atoms with Crippen LogP contribution in [0.4, 0.5) is 0 Å². The molecule has 2 aromatic rings. The summed E-state index contributed by atoms with van der Waals surface area (Å²) in [5.41, 5.74) is 1.74. The number of aromatic amines is 1. The zero-order chi connectivity index (χ0) is 8.55. The van der Waals surface area contributed by atoms with Crippen molar-refractivity contribution in [3.8, 4) is 0 Å². The highest BCUT2D eigenvalue weighted by molar-refractivity contribution is 6.35. The molecular weight excluding hydrogens is 172 g/mol. The number of nitrogens with zero attached hydrogens (tertiary/aromatic N) is 1. The second-order valence-corrected chi connectivity index (χ2v) is 2.88. The fraction of sp³-hybridized carbons (Fsp3) is 0. The van der Waals surface area contributed by atoms with Gasteiger partial charge in [-0.25, -0.2) is 0 Å². The Morgan fingerprint density at radius 1 is 1.50 bits per heavy atom. The summed E-state index contributed by atoms with van der Waals surface area (Å²) in [5, 5.41) is 8.57. The topological polar surface area (TPSA) is 28.7 Å². The predicted octanol–water partition coefficient (Wildman–Crippen LogP) is 2.86. The second-order valence-electron chi connectivity index (χ2n) is 2.48. The van der Waals surface area contributed by atoms with Gasteiger partial charge in [-0.05, 0) is 18.2 Å². The number of aromatic nitrogens is 2. The Hall–Kier alpha value is -1.28. The highest BCUT2D eigenvalue weighted by atomic mass is 35.5. The number of fused-ring (bicyclic) bond motifs is 1. The number of nitrogens with one attached hydrogen (secondary N) is 1. The minimum absolute atomic E-state index is 0.705. The smallest absolute Gasteiger partial charge is 0.0936 e. The molecule has 0 bridgehead atoms. The Bertz CT molecular complexity index is 431. The van der Waals surface area contributed by atoms with Crippen LogP contribution in [0.2, 0.25) is 5.02 Å². The van der Waals surface area contributed by atoms with Crippen LogP contribution >= 0.6 is 11.6 Å². The number of hydrogen-bond donors (Lipinski definition) is 1. The molecule has 0 spiro atoms. The van der Waals surface area contributed by atoms with Crippen LogP contribution in [0.25, 0.3) is 17.0 Å². The summed E-state index contributed by atoms with van der Waals surface area (Å²) in [4.78, 5) is 0. The fourth-order valence-corrected chi connectivity index (χ4v) is 1.47. The molecule has 0 radical (unpaired) electrons. The minimum Gasteiger partial charge on any atom is -0.277 e. The number of halogens is 1. The lowest BCUT2D eigenvalue weighted by Gasteiger charge is -1.91. The summed E-state index contributed by atoms with van der Waals surface area (Å²) < 4.78 is 0. The van der Waals surface area contributed by atoms with Gasteiger partial charge in [-0.3, -0.25) is 5.10 Å². The molecule has 0 amide bonds. The third kappa shape index (κ3) is 0.924. The Kier molecular flexibility index (Phi) is 1.62. The summed E-state index contributed by atoms with van der Waals surface area (Å²) in [5.74, 6) is 0. The van der Waals surface area contributed by atoms with Crippen molar-refractivity contribution in [2.24, 2.45) is 0 Å². The summed E-state index contributed by atoms with van der Waals surface area (Å²) in [6.07, 6.45) is 1.69. The molecule has 0 saturated carbocycles. The molecule has 1 heterocycles. The molecule has 0 aliphatic rings. The zero-order valence-electron chi connectivity index (χ0n) is 6.34. The van der Waals surface area contributed by atoms with Crippen LogP contribution in [0.15, 0.2) is 24.8 Å². The lowest BCUT2D eigenvalue weighted by Crippen LogP contribution is -1.71. The summed E-state index contributed by atoms with van der Waals surface area (Å²) in [6, 6.07) is 5.66. The Morgan fingerprint density at radius 3 is 3.08 bits per heavy atom. The highest BCUT2D eigenvalue weighted by Gasteiger charge is 2.04. The van der Waals surface area contributed by atoms with Crippen LogP contribution in [-0.2, 0) is 0 Å². The Balaban J connectivity index is 2.91. The van der Waals surface area contributed by atoms with Crippen LogP contribution in [0, 0.1) is 0 Å². The van der Waals surface area contributed by atoms with E-state index in [1.54, 1.807) is 6.08 Å². The standard InChI is InChI=1S/C9H7ClN2/c1-2-7-9-6(10)4-3-5-8(9)12-11-7/h2-5H,1H2,(H,11,12). The van der Waals surface area contributed by atoms with E-state index in [-0.39, 0.29) is 0 Å². The van der Waals surface area contributed by atoms with Gasteiger partial charge in [-0.2, -0.15) is 5.10 Å². The van der Waals surface area contributed by atoms with Gasteiger partial charge in [0.1, 0.15) is 0 Å². The van der Waals surface area contributed by atoms with E-state index >= 15 is 0 Å². The van der Waals surface area contributed by atoms with Gasteiger partial charge in [0.05, 0.1) is 16.2 Å². The molecule has 0 aliphatic carbocycles. The first-order valence-corrected chi connectivity index (χ1v) is 3.96. The van der Waals surface area contributed by atoms with E-state index < -0.39 is 0 Å². The summed E-state index contributed by atoms with van der Waals surface area (Å²) in [7, 11) is 0. The van der Waals surface area contributed by atoms with Gasteiger partial charge in [-0.15, -0.1) is 0 Å². The molecule has 1 N–H and O–H groups in total. The van der Waals surface area contributed by atoms with Crippen molar-refractivity contribution >= 4 is 28.6 Å². The van der Waals surface area contributed by atoms with E-state index in [4.69, 9.17) is 11.6 Å². The second kappa shape index (κ2) is 2.64. The molecule has 0 aliphatic heterocycles. The molecule has 0 saturated heterocycles. The molecule has 1 aromatic heterocycles. The average molecular weight is 179 g/mol. The van der Waals surface area contributed by atoms with Crippen molar-refractivity contribution in [1.29, 1.82) is 0 Å². The number of benzene rings is 1. The van der Waals surface area contributed by atoms with Crippen molar-refractivity contribution in [1.82, 2.24) is 10.2 Å². The zero-order valence-corrected chi connectivity index (χ0v) is 7.10. The third-order valence-electron chi connectivity index (χ3n) is 1.76. The molecular formula is C9H7ClN2. The quantitative estimate of drug-likeness (QED) is 0.715. The molecule has 0 atom stereocenters. The number of hydrogen-bond acceptors (Lipinski definition) is 1. The molecule has 1 aromatic carbocycles. The van der Waals surface area contributed by atoms with Crippen molar-refractivity contribution in [3.63, 3.8) is 0 Å². The Morgan fingerprint density at radius 2 is 2.33 bits per heavy atom. The molecule has 60 valence electrons.